The highest BCUT2D eigenvalue weighted by molar-refractivity contribution is 7.89. The van der Waals surface area contributed by atoms with Crippen molar-refractivity contribution in [2.24, 2.45) is 4.99 Å². The molecule has 0 aliphatic heterocycles. The first kappa shape index (κ1) is 28.7. The number of rotatable bonds is 11. The van der Waals surface area contributed by atoms with E-state index in [4.69, 9.17) is 4.74 Å². The van der Waals surface area contributed by atoms with Gasteiger partial charge in [0.2, 0.25) is 10.0 Å². The Morgan fingerprint density at radius 1 is 1.00 bits per heavy atom. The van der Waals surface area contributed by atoms with Crippen LogP contribution in [0.15, 0.2) is 46.3 Å². The number of aryl methyl sites for hydroxylation is 2. The highest BCUT2D eigenvalue weighted by atomic mass is 32.2. The minimum absolute atomic E-state index is 0.0757. The molecule has 0 fully saturated rings. The largest absolute Gasteiger partial charge is 0.468 e. The summed E-state index contributed by atoms with van der Waals surface area (Å²) in [4.78, 5) is 30.0. The number of aromatic nitrogens is 1. The lowest BCUT2D eigenvalue weighted by atomic mass is 10.1. The number of carbonyl (C=O) groups is 2. The molecule has 0 aliphatic rings. The zero-order valence-corrected chi connectivity index (χ0v) is 23.7. The zero-order chi connectivity index (χ0) is 27.2. The Kier molecular flexibility index (Phi) is 9.80. The quantitative estimate of drug-likeness (QED) is 0.322. The zero-order valence-electron chi connectivity index (χ0n) is 22.1. The molecule has 0 aliphatic carbocycles. The normalized spacial score (nSPS) is 12.4. The smallest absolute Gasteiger partial charge is 0.325 e. The van der Waals surface area contributed by atoms with E-state index in [1.807, 2.05) is 39.8 Å². The topological polar surface area (TPSA) is 98.0 Å². The monoisotopic (exact) mass is 545 g/mol. The molecule has 0 atom stereocenters. The maximum atomic E-state index is 13.2. The number of hydrogen-bond acceptors (Lipinski definition) is 6. The molecule has 0 radical (unpaired) electrons. The van der Waals surface area contributed by atoms with Crippen LogP contribution in [0.1, 0.15) is 61.0 Å². The predicted molar refractivity (Wildman–Crippen MR) is 146 cm³/mol. The average molecular weight is 546 g/mol. The van der Waals surface area contributed by atoms with E-state index in [-0.39, 0.29) is 17.0 Å². The fourth-order valence-corrected chi connectivity index (χ4v) is 6.47. The molecule has 3 rings (SSSR count). The first-order chi connectivity index (χ1) is 17.6. The van der Waals surface area contributed by atoms with Crippen LogP contribution in [0, 0.1) is 13.8 Å². The molecule has 1 amide bonds. The number of hydrogen-bond donors (Lipinski definition) is 0. The number of nitrogens with zero attached hydrogens (tertiary/aromatic N) is 3. The number of benzene rings is 2. The fourth-order valence-electron chi connectivity index (χ4n) is 3.84. The van der Waals surface area contributed by atoms with Gasteiger partial charge in [-0.2, -0.15) is 9.30 Å². The van der Waals surface area contributed by atoms with Crippen LogP contribution in [0.3, 0.4) is 0 Å². The second kappa shape index (κ2) is 12.6. The summed E-state index contributed by atoms with van der Waals surface area (Å²) < 4.78 is 35.4. The summed E-state index contributed by atoms with van der Waals surface area (Å²) in [6.07, 6.45) is 3.39. The van der Waals surface area contributed by atoms with E-state index in [2.05, 4.69) is 4.99 Å². The van der Waals surface area contributed by atoms with Crippen LogP contribution in [0.25, 0.3) is 10.2 Å². The van der Waals surface area contributed by atoms with Crippen molar-refractivity contribution in [3.8, 4) is 0 Å². The van der Waals surface area contributed by atoms with Crippen molar-refractivity contribution in [1.82, 2.24) is 8.87 Å². The maximum Gasteiger partial charge on any atom is 0.325 e. The van der Waals surface area contributed by atoms with E-state index >= 15 is 0 Å². The number of carbonyl (C=O) groups excluding carboxylic acids is 2. The Morgan fingerprint density at radius 2 is 1.59 bits per heavy atom. The lowest BCUT2D eigenvalue weighted by Gasteiger charge is -2.22. The number of thiazole rings is 1. The minimum atomic E-state index is -3.66. The van der Waals surface area contributed by atoms with Gasteiger partial charge in [-0.05, 0) is 74.2 Å². The van der Waals surface area contributed by atoms with E-state index < -0.39 is 21.9 Å². The van der Waals surface area contributed by atoms with E-state index in [0.717, 1.165) is 47.0 Å². The molecule has 0 spiro atoms. The van der Waals surface area contributed by atoms with Gasteiger partial charge in [0.1, 0.15) is 6.54 Å². The number of methoxy groups -OCH3 is 1. The number of unbranched alkanes of at least 4 members (excludes halogenated alkanes) is 2. The Bertz CT molecular complexity index is 1430. The lowest BCUT2D eigenvalue weighted by molar-refractivity contribution is -0.141. The Balaban J connectivity index is 1.96. The van der Waals surface area contributed by atoms with Crippen LogP contribution in [-0.2, 0) is 26.1 Å². The minimum Gasteiger partial charge on any atom is -0.468 e. The molecule has 37 heavy (non-hydrogen) atoms. The Labute approximate surface area is 222 Å². The van der Waals surface area contributed by atoms with Crippen molar-refractivity contribution in [2.75, 3.05) is 20.2 Å². The number of sulfonamides is 1. The van der Waals surface area contributed by atoms with Gasteiger partial charge < -0.3 is 9.30 Å². The third-order valence-corrected chi connectivity index (χ3v) is 9.23. The number of esters is 1. The molecule has 3 aromatic rings. The molecule has 0 bridgehead atoms. The first-order valence-electron chi connectivity index (χ1n) is 12.5. The predicted octanol–water partition coefficient (Wildman–Crippen LogP) is 4.82. The van der Waals surface area contributed by atoms with Crippen LogP contribution < -0.4 is 4.80 Å². The molecule has 200 valence electrons. The Morgan fingerprint density at radius 3 is 2.16 bits per heavy atom. The van der Waals surface area contributed by atoms with Gasteiger partial charge in [-0.1, -0.05) is 38.0 Å². The standard InChI is InChI=1S/C27H35N3O5S2/c1-6-8-14-29(15-9-7-2)37(33,34)22-12-10-21(11-13-22)26(32)28-27-30(18-25(31)35-5)23-16-19(3)20(4)17-24(23)36-27/h10-13,16-17H,6-9,14-15,18H2,1-5H3. The van der Waals surface area contributed by atoms with Crippen molar-refractivity contribution < 1.29 is 22.7 Å². The van der Waals surface area contributed by atoms with Crippen molar-refractivity contribution in [1.29, 1.82) is 0 Å². The van der Waals surface area contributed by atoms with Gasteiger partial charge >= 0.3 is 5.97 Å². The summed E-state index contributed by atoms with van der Waals surface area (Å²) in [5.41, 5.74) is 3.22. The molecule has 0 N–H and O–H groups in total. The van der Waals surface area contributed by atoms with E-state index in [0.29, 0.717) is 17.9 Å². The summed E-state index contributed by atoms with van der Waals surface area (Å²) in [6, 6.07) is 9.88. The van der Waals surface area contributed by atoms with Crippen LogP contribution in [0.5, 0.6) is 0 Å². The molecule has 2 aromatic carbocycles. The van der Waals surface area contributed by atoms with Gasteiger partial charge in [0.25, 0.3) is 5.91 Å². The summed E-state index contributed by atoms with van der Waals surface area (Å²) in [7, 11) is -2.34. The van der Waals surface area contributed by atoms with Crippen molar-refractivity contribution in [3.63, 3.8) is 0 Å². The van der Waals surface area contributed by atoms with Gasteiger partial charge in [-0.3, -0.25) is 9.59 Å². The molecular formula is C27H35N3O5S2. The molecule has 8 nitrogen and oxygen atoms in total. The van der Waals surface area contributed by atoms with E-state index in [9.17, 15) is 18.0 Å². The van der Waals surface area contributed by atoms with Crippen molar-refractivity contribution in [2.45, 2.75) is 64.8 Å². The highest BCUT2D eigenvalue weighted by Gasteiger charge is 2.24. The summed E-state index contributed by atoms with van der Waals surface area (Å²) in [5, 5.41) is 0. The van der Waals surface area contributed by atoms with E-state index in [1.165, 1.54) is 47.0 Å². The molecular weight excluding hydrogens is 510 g/mol. The molecule has 10 heteroatoms. The van der Waals surface area contributed by atoms with Crippen molar-refractivity contribution >= 4 is 43.5 Å². The molecule has 0 saturated carbocycles. The number of fused-ring (bicyclic) bond motifs is 1. The molecule has 1 aromatic heterocycles. The third kappa shape index (κ3) is 6.74. The fraction of sp³-hybridized carbons (Fsp3) is 0.444. The molecule has 1 heterocycles. The second-order valence-electron chi connectivity index (χ2n) is 9.00. The summed E-state index contributed by atoms with van der Waals surface area (Å²) in [5.74, 6) is -0.964. The van der Waals surface area contributed by atoms with Gasteiger partial charge in [0, 0.05) is 18.7 Å². The lowest BCUT2D eigenvalue weighted by Crippen LogP contribution is -2.33. The van der Waals surface area contributed by atoms with Crippen LogP contribution in [0.2, 0.25) is 0 Å². The van der Waals surface area contributed by atoms with Gasteiger partial charge in [0.15, 0.2) is 4.80 Å². The van der Waals surface area contributed by atoms with Crippen LogP contribution in [-0.4, -0.2) is 49.4 Å². The molecule has 0 unspecified atom stereocenters. The van der Waals surface area contributed by atoms with Crippen LogP contribution in [0.4, 0.5) is 0 Å². The van der Waals surface area contributed by atoms with Gasteiger partial charge in [0.05, 0.1) is 22.2 Å². The van der Waals surface area contributed by atoms with Gasteiger partial charge in [-0.25, -0.2) is 8.42 Å². The number of ether oxygens (including phenoxy) is 1. The second-order valence-corrected chi connectivity index (χ2v) is 12.0. The van der Waals surface area contributed by atoms with Gasteiger partial charge in [-0.15, -0.1) is 0 Å². The maximum absolute atomic E-state index is 13.2. The molecule has 0 saturated heterocycles. The summed E-state index contributed by atoms with van der Waals surface area (Å²) in [6.45, 7) is 8.92. The number of amides is 1. The van der Waals surface area contributed by atoms with Crippen molar-refractivity contribution in [3.05, 3.63) is 57.9 Å². The van der Waals surface area contributed by atoms with Crippen LogP contribution >= 0.6 is 11.3 Å². The SMILES string of the molecule is CCCCN(CCCC)S(=O)(=O)c1ccc(C(=O)N=c2sc3cc(C)c(C)cc3n2CC(=O)OC)cc1. The summed E-state index contributed by atoms with van der Waals surface area (Å²) >= 11 is 1.31. The third-order valence-electron chi connectivity index (χ3n) is 6.27. The first-order valence-corrected chi connectivity index (χ1v) is 14.7. The Hall–Kier alpha value is -2.82. The average Bonchev–Trinajstić information content (AvgIpc) is 3.19. The van der Waals surface area contributed by atoms with E-state index in [1.54, 1.807) is 4.57 Å². The highest BCUT2D eigenvalue weighted by Crippen LogP contribution is 2.23.